The van der Waals surface area contributed by atoms with Crippen molar-refractivity contribution in [1.82, 2.24) is 23.4 Å². The molecule has 1 fully saturated rings. The highest BCUT2D eigenvalue weighted by molar-refractivity contribution is 7.86. The van der Waals surface area contributed by atoms with Crippen LogP contribution in [0.4, 0.5) is 0 Å². The van der Waals surface area contributed by atoms with E-state index in [4.69, 9.17) is 4.98 Å². The normalized spacial score (nSPS) is 19.2. The number of aryl methyl sites for hydroxylation is 1. The van der Waals surface area contributed by atoms with E-state index in [9.17, 15) is 8.42 Å². The van der Waals surface area contributed by atoms with E-state index in [2.05, 4.69) is 5.10 Å². The van der Waals surface area contributed by atoms with Gasteiger partial charge in [0, 0.05) is 46.1 Å². The summed E-state index contributed by atoms with van der Waals surface area (Å²) in [5.74, 6) is 0.300. The first-order valence-corrected chi connectivity index (χ1v) is 9.39. The smallest absolute Gasteiger partial charge is 0.266 e. The number of rotatable bonds is 5. The third kappa shape index (κ3) is 3.35. The van der Waals surface area contributed by atoms with Gasteiger partial charge < -0.3 is 0 Å². The Balaban J connectivity index is 1.71. The minimum absolute atomic E-state index is 0.300. The molecule has 0 amide bonds. The summed E-state index contributed by atoms with van der Waals surface area (Å²) in [5, 5.41) is 4.18. The standard InChI is InChI=1S/C16H23N5O2S/c1-19(2)24(22,23)21-10-8-13(12-21)11-14-5-4-6-15(18-14)16-7-9-17-20(16)3/h4-7,9,13H,8,10-12H2,1-3H3. The van der Waals surface area contributed by atoms with Crippen LogP contribution >= 0.6 is 0 Å². The first kappa shape index (κ1) is 17.1. The van der Waals surface area contributed by atoms with Gasteiger partial charge in [-0.25, -0.2) is 0 Å². The lowest BCUT2D eigenvalue weighted by Gasteiger charge is -2.20. The Kier molecular flexibility index (Phi) is 4.71. The Morgan fingerprint density at radius 2 is 2.08 bits per heavy atom. The topological polar surface area (TPSA) is 71.3 Å². The predicted molar refractivity (Wildman–Crippen MR) is 92.4 cm³/mol. The SMILES string of the molecule is CN(C)S(=O)(=O)N1CCC(Cc2cccc(-c3ccnn3C)n2)C1. The van der Waals surface area contributed by atoms with E-state index < -0.39 is 10.2 Å². The van der Waals surface area contributed by atoms with Gasteiger partial charge in [-0.05, 0) is 37.0 Å². The van der Waals surface area contributed by atoms with Crippen LogP contribution in [0.25, 0.3) is 11.4 Å². The molecule has 24 heavy (non-hydrogen) atoms. The molecule has 3 heterocycles. The largest absolute Gasteiger partial charge is 0.281 e. The van der Waals surface area contributed by atoms with E-state index in [1.165, 1.54) is 4.31 Å². The molecule has 0 spiro atoms. The number of aromatic nitrogens is 3. The highest BCUT2D eigenvalue weighted by Gasteiger charge is 2.32. The summed E-state index contributed by atoms with van der Waals surface area (Å²) in [7, 11) is 1.72. The number of pyridine rings is 1. The molecule has 1 saturated heterocycles. The molecule has 2 aromatic rings. The van der Waals surface area contributed by atoms with Gasteiger partial charge in [0.25, 0.3) is 10.2 Å². The van der Waals surface area contributed by atoms with Crippen molar-refractivity contribution in [2.75, 3.05) is 27.2 Å². The maximum Gasteiger partial charge on any atom is 0.281 e. The first-order valence-electron chi connectivity index (χ1n) is 8.00. The van der Waals surface area contributed by atoms with Crippen LogP contribution in [0.2, 0.25) is 0 Å². The van der Waals surface area contributed by atoms with Gasteiger partial charge in [0.15, 0.2) is 0 Å². The van der Waals surface area contributed by atoms with Crippen LogP contribution < -0.4 is 0 Å². The summed E-state index contributed by atoms with van der Waals surface area (Å²) < 4.78 is 29.0. The van der Waals surface area contributed by atoms with Gasteiger partial charge in [-0.1, -0.05) is 6.07 Å². The van der Waals surface area contributed by atoms with Crippen LogP contribution in [0.3, 0.4) is 0 Å². The molecule has 7 nitrogen and oxygen atoms in total. The number of nitrogens with zero attached hydrogens (tertiary/aromatic N) is 5. The molecule has 1 aliphatic rings. The fourth-order valence-electron chi connectivity index (χ4n) is 3.06. The van der Waals surface area contributed by atoms with Gasteiger partial charge in [-0.3, -0.25) is 9.67 Å². The van der Waals surface area contributed by atoms with Gasteiger partial charge in [-0.2, -0.15) is 22.1 Å². The van der Waals surface area contributed by atoms with Crippen molar-refractivity contribution in [1.29, 1.82) is 0 Å². The fraction of sp³-hybridized carbons (Fsp3) is 0.500. The molecule has 0 bridgehead atoms. The van der Waals surface area contributed by atoms with Crippen molar-refractivity contribution >= 4 is 10.2 Å². The maximum atomic E-state index is 12.2. The lowest BCUT2D eigenvalue weighted by atomic mass is 10.0. The Morgan fingerprint density at radius 1 is 1.29 bits per heavy atom. The zero-order valence-electron chi connectivity index (χ0n) is 14.3. The molecule has 0 radical (unpaired) electrons. The summed E-state index contributed by atoms with van der Waals surface area (Å²) in [5.41, 5.74) is 2.85. The lowest BCUT2D eigenvalue weighted by Crippen LogP contribution is -2.38. The maximum absolute atomic E-state index is 12.2. The van der Waals surface area contributed by atoms with Crippen LogP contribution in [-0.2, 0) is 23.7 Å². The molecular formula is C16H23N5O2S. The minimum Gasteiger partial charge on any atom is -0.266 e. The molecule has 1 atom stereocenters. The van der Waals surface area contributed by atoms with Crippen molar-refractivity contribution in [3.8, 4) is 11.4 Å². The Morgan fingerprint density at radius 3 is 2.75 bits per heavy atom. The van der Waals surface area contributed by atoms with E-state index in [0.29, 0.717) is 19.0 Å². The van der Waals surface area contributed by atoms with Crippen LogP contribution in [0.5, 0.6) is 0 Å². The Bertz CT molecular complexity index is 815. The van der Waals surface area contributed by atoms with Gasteiger partial charge in [-0.15, -0.1) is 0 Å². The summed E-state index contributed by atoms with van der Waals surface area (Å²) >= 11 is 0. The van der Waals surface area contributed by atoms with E-state index in [1.54, 1.807) is 29.3 Å². The highest BCUT2D eigenvalue weighted by atomic mass is 32.2. The minimum atomic E-state index is -3.32. The fourth-order valence-corrected chi connectivity index (χ4v) is 4.26. The summed E-state index contributed by atoms with van der Waals surface area (Å²) in [6.45, 7) is 1.13. The molecule has 130 valence electrons. The third-order valence-electron chi connectivity index (χ3n) is 4.42. The van der Waals surface area contributed by atoms with Crippen LogP contribution in [0.15, 0.2) is 30.5 Å². The van der Waals surface area contributed by atoms with E-state index in [1.807, 2.05) is 31.3 Å². The number of hydrogen-bond donors (Lipinski definition) is 0. The van der Waals surface area contributed by atoms with Crippen molar-refractivity contribution in [2.45, 2.75) is 12.8 Å². The molecule has 1 unspecified atom stereocenters. The van der Waals surface area contributed by atoms with E-state index in [0.717, 1.165) is 29.9 Å². The molecule has 0 N–H and O–H groups in total. The highest BCUT2D eigenvalue weighted by Crippen LogP contribution is 2.24. The summed E-state index contributed by atoms with van der Waals surface area (Å²) in [6, 6.07) is 7.90. The van der Waals surface area contributed by atoms with Crippen LogP contribution in [0.1, 0.15) is 12.1 Å². The summed E-state index contributed by atoms with van der Waals surface area (Å²) in [4.78, 5) is 4.72. The van der Waals surface area contributed by atoms with Crippen molar-refractivity contribution in [3.63, 3.8) is 0 Å². The van der Waals surface area contributed by atoms with Gasteiger partial charge in [0.1, 0.15) is 0 Å². The molecule has 3 rings (SSSR count). The monoisotopic (exact) mass is 349 g/mol. The molecular weight excluding hydrogens is 326 g/mol. The first-order chi connectivity index (χ1) is 11.4. The van der Waals surface area contributed by atoms with Crippen LogP contribution in [0, 0.1) is 5.92 Å². The van der Waals surface area contributed by atoms with Gasteiger partial charge in [0.05, 0.1) is 11.4 Å². The zero-order valence-corrected chi connectivity index (χ0v) is 15.1. The van der Waals surface area contributed by atoms with Crippen molar-refractivity contribution < 1.29 is 8.42 Å². The van der Waals surface area contributed by atoms with Crippen molar-refractivity contribution in [3.05, 3.63) is 36.2 Å². The van der Waals surface area contributed by atoms with Gasteiger partial charge >= 0.3 is 0 Å². The average Bonchev–Trinajstić information content (AvgIpc) is 3.16. The lowest BCUT2D eigenvalue weighted by molar-refractivity contribution is 0.409. The summed E-state index contributed by atoms with van der Waals surface area (Å²) in [6.07, 6.45) is 3.40. The van der Waals surface area contributed by atoms with Crippen molar-refractivity contribution in [2.24, 2.45) is 13.0 Å². The molecule has 1 aliphatic heterocycles. The number of hydrogen-bond acceptors (Lipinski definition) is 4. The second-order valence-electron chi connectivity index (χ2n) is 6.36. The molecule has 8 heteroatoms. The average molecular weight is 349 g/mol. The predicted octanol–water partition coefficient (Wildman–Crippen LogP) is 1.15. The second-order valence-corrected chi connectivity index (χ2v) is 8.50. The zero-order chi connectivity index (χ0) is 17.3. The quantitative estimate of drug-likeness (QED) is 0.812. The molecule has 2 aromatic heterocycles. The molecule has 0 aromatic carbocycles. The molecule has 0 saturated carbocycles. The third-order valence-corrected chi connectivity index (χ3v) is 6.33. The van der Waals surface area contributed by atoms with Gasteiger partial charge in [0.2, 0.25) is 0 Å². The Hall–Kier alpha value is -1.77. The van der Waals surface area contributed by atoms with E-state index in [-0.39, 0.29) is 0 Å². The Labute approximate surface area is 143 Å². The second kappa shape index (κ2) is 6.62. The molecule has 0 aliphatic carbocycles. The van der Waals surface area contributed by atoms with E-state index >= 15 is 0 Å². The van der Waals surface area contributed by atoms with Crippen LogP contribution in [-0.4, -0.2) is 59.0 Å².